The second-order valence-corrected chi connectivity index (χ2v) is 14.4. The Morgan fingerprint density at radius 1 is 0.423 bits per heavy atom. The molecule has 0 atom stereocenters. The quantitative estimate of drug-likeness (QED) is 0.180. The molecule has 4 heteroatoms. The summed E-state index contributed by atoms with van der Waals surface area (Å²) in [6, 6.07) is 65.4. The molecule has 3 nitrogen and oxygen atoms in total. The third-order valence-corrected chi connectivity index (χ3v) is 11.5. The maximum Gasteiger partial charge on any atom is 0.159 e. The second kappa shape index (κ2) is 11.5. The van der Waals surface area contributed by atoms with Gasteiger partial charge in [0.2, 0.25) is 0 Å². The number of rotatable bonds is 5. The van der Waals surface area contributed by atoms with E-state index < -0.39 is 0 Å². The molecule has 8 aromatic carbocycles. The molecule has 52 heavy (non-hydrogen) atoms. The van der Waals surface area contributed by atoms with Crippen LogP contribution in [0, 0.1) is 0 Å². The number of nitrogens with zero attached hydrogens (tertiary/aromatic N) is 2. The Bertz CT molecular complexity index is 3090. The number of furan rings is 1. The van der Waals surface area contributed by atoms with Crippen molar-refractivity contribution in [1.82, 2.24) is 4.57 Å². The molecular weight excluding hydrogens is 653 g/mol. The first-order valence-electron chi connectivity index (χ1n) is 17.6. The zero-order valence-corrected chi connectivity index (χ0v) is 28.8. The minimum absolute atomic E-state index is 0.878. The topological polar surface area (TPSA) is 21.3 Å². The van der Waals surface area contributed by atoms with Crippen molar-refractivity contribution >= 4 is 92.3 Å². The third kappa shape index (κ3) is 4.45. The summed E-state index contributed by atoms with van der Waals surface area (Å²) in [5.74, 6) is 0. The smallest absolute Gasteiger partial charge is 0.159 e. The molecule has 0 spiro atoms. The Balaban J connectivity index is 1.06. The molecule has 0 N–H and O–H groups in total. The maximum atomic E-state index is 6.60. The second-order valence-electron chi connectivity index (χ2n) is 13.3. The summed E-state index contributed by atoms with van der Waals surface area (Å²) in [6.07, 6.45) is 0. The van der Waals surface area contributed by atoms with Gasteiger partial charge in [0.15, 0.2) is 5.58 Å². The third-order valence-electron chi connectivity index (χ3n) is 10.4. The summed E-state index contributed by atoms with van der Waals surface area (Å²) in [5, 5.41) is 7.34. The number of thiophene rings is 1. The normalized spacial score (nSPS) is 11.8. The number of hydrogen-bond donors (Lipinski definition) is 0. The van der Waals surface area contributed by atoms with E-state index in [0.717, 1.165) is 50.3 Å². The summed E-state index contributed by atoms with van der Waals surface area (Å²) in [7, 11) is 0. The maximum absolute atomic E-state index is 6.60. The lowest BCUT2D eigenvalue weighted by molar-refractivity contribution is 0.669. The Hall–Kier alpha value is -6.62. The molecule has 0 aliphatic carbocycles. The van der Waals surface area contributed by atoms with Gasteiger partial charge < -0.3 is 13.9 Å². The summed E-state index contributed by atoms with van der Waals surface area (Å²) in [6.45, 7) is 0. The predicted octanol–water partition coefficient (Wildman–Crippen LogP) is 14.2. The monoisotopic (exact) mass is 682 g/mol. The zero-order valence-electron chi connectivity index (χ0n) is 28.0. The van der Waals surface area contributed by atoms with Gasteiger partial charge in [-0.15, -0.1) is 11.3 Å². The van der Waals surface area contributed by atoms with Crippen LogP contribution < -0.4 is 4.90 Å². The van der Waals surface area contributed by atoms with E-state index in [1.165, 1.54) is 47.5 Å². The highest BCUT2D eigenvalue weighted by Crippen LogP contribution is 2.45. The SMILES string of the molecule is c1cc(-c2ccc(N(c3ccc4c(c3)sc3ccccc34)c3cccc4c3oc3ccccc34)cc2)cc(-n2c3ccccc3c3ccccc32)c1. The number of fused-ring (bicyclic) bond motifs is 9. The molecule has 0 unspecified atom stereocenters. The van der Waals surface area contributed by atoms with E-state index >= 15 is 0 Å². The Morgan fingerprint density at radius 3 is 1.87 bits per heavy atom. The van der Waals surface area contributed by atoms with Gasteiger partial charge in [-0.1, -0.05) is 115 Å². The van der Waals surface area contributed by atoms with Crippen molar-refractivity contribution in [2.75, 3.05) is 4.90 Å². The van der Waals surface area contributed by atoms with Crippen LogP contribution in [0.15, 0.2) is 186 Å². The van der Waals surface area contributed by atoms with Crippen molar-refractivity contribution in [3.8, 4) is 16.8 Å². The summed E-state index contributed by atoms with van der Waals surface area (Å²) in [4.78, 5) is 2.34. The van der Waals surface area contributed by atoms with Gasteiger partial charge in [-0.05, 0) is 77.9 Å². The number of aromatic nitrogens is 1. The molecule has 244 valence electrons. The van der Waals surface area contributed by atoms with Gasteiger partial charge in [0, 0.05) is 58.8 Å². The largest absolute Gasteiger partial charge is 0.454 e. The Labute approximate surface area is 303 Å². The molecular formula is C48H30N2OS. The van der Waals surface area contributed by atoms with E-state index in [9.17, 15) is 0 Å². The fourth-order valence-corrected chi connectivity index (χ4v) is 9.16. The molecule has 0 radical (unpaired) electrons. The van der Waals surface area contributed by atoms with Gasteiger partial charge in [0.1, 0.15) is 5.58 Å². The average molecular weight is 683 g/mol. The van der Waals surface area contributed by atoms with Crippen LogP contribution in [0.2, 0.25) is 0 Å². The molecule has 11 aromatic rings. The molecule has 11 rings (SSSR count). The van der Waals surface area contributed by atoms with Crippen molar-refractivity contribution < 1.29 is 4.42 Å². The van der Waals surface area contributed by atoms with Gasteiger partial charge in [0.25, 0.3) is 0 Å². The number of benzene rings is 8. The van der Waals surface area contributed by atoms with E-state index in [-0.39, 0.29) is 0 Å². The molecule has 0 aliphatic heterocycles. The Morgan fingerprint density at radius 2 is 1.06 bits per heavy atom. The highest BCUT2D eigenvalue weighted by Gasteiger charge is 2.20. The number of anilines is 3. The highest BCUT2D eigenvalue weighted by molar-refractivity contribution is 7.25. The summed E-state index contributed by atoms with van der Waals surface area (Å²) in [5.41, 5.74) is 10.8. The van der Waals surface area contributed by atoms with Crippen LogP contribution in [-0.2, 0) is 0 Å². The molecule has 0 aliphatic rings. The van der Waals surface area contributed by atoms with Crippen molar-refractivity contribution in [2.24, 2.45) is 0 Å². The molecule has 0 saturated heterocycles. The Kier molecular flexibility index (Phi) is 6.42. The first-order chi connectivity index (χ1) is 25.8. The lowest BCUT2D eigenvalue weighted by Gasteiger charge is -2.26. The molecule has 0 bridgehead atoms. The van der Waals surface area contributed by atoms with Crippen LogP contribution in [0.5, 0.6) is 0 Å². The van der Waals surface area contributed by atoms with E-state index in [2.05, 4.69) is 185 Å². The van der Waals surface area contributed by atoms with Gasteiger partial charge in [-0.2, -0.15) is 0 Å². The van der Waals surface area contributed by atoms with Gasteiger partial charge in [-0.25, -0.2) is 0 Å². The van der Waals surface area contributed by atoms with Crippen LogP contribution in [0.3, 0.4) is 0 Å². The molecule has 0 saturated carbocycles. The fraction of sp³-hybridized carbons (Fsp3) is 0. The van der Waals surface area contributed by atoms with Gasteiger partial charge in [0.05, 0.1) is 16.7 Å². The zero-order chi connectivity index (χ0) is 34.2. The number of hydrogen-bond acceptors (Lipinski definition) is 3. The van der Waals surface area contributed by atoms with Crippen molar-refractivity contribution in [3.05, 3.63) is 182 Å². The first kappa shape index (κ1) is 29.1. The molecule has 3 heterocycles. The summed E-state index contributed by atoms with van der Waals surface area (Å²) < 4.78 is 11.5. The van der Waals surface area contributed by atoms with Crippen LogP contribution >= 0.6 is 11.3 Å². The minimum Gasteiger partial charge on any atom is -0.454 e. The first-order valence-corrected chi connectivity index (χ1v) is 18.4. The number of para-hydroxylation sites is 4. The van der Waals surface area contributed by atoms with Gasteiger partial charge >= 0.3 is 0 Å². The van der Waals surface area contributed by atoms with Crippen LogP contribution in [0.1, 0.15) is 0 Å². The average Bonchev–Trinajstić information content (AvgIpc) is 3.88. The van der Waals surface area contributed by atoms with Crippen molar-refractivity contribution in [2.45, 2.75) is 0 Å². The molecule has 0 fully saturated rings. The van der Waals surface area contributed by atoms with E-state index in [1.807, 2.05) is 17.4 Å². The molecule has 0 amide bonds. The lowest BCUT2D eigenvalue weighted by Crippen LogP contribution is -2.10. The lowest BCUT2D eigenvalue weighted by atomic mass is 10.0. The van der Waals surface area contributed by atoms with E-state index in [0.29, 0.717) is 0 Å². The minimum atomic E-state index is 0.878. The van der Waals surface area contributed by atoms with E-state index in [4.69, 9.17) is 4.42 Å². The van der Waals surface area contributed by atoms with Crippen molar-refractivity contribution in [1.29, 1.82) is 0 Å². The predicted molar refractivity (Wildman–Crippen MR) is 221 cm³/mol. The van der Waals surface area contributed by atoms with Gasteiger partial charge in [-0.3, -0.25) is 0 Å². The van der Waals surface area contributed by atoms with Crippen molar-refractivity contribution in [3.63, 3.8) is 0 Å². The fourth-order valence-electron chi connectivity index (χ4n) is 8.02. The van der Waals surface area contributed by atoms with Crippen LogP contribution in [0.25, 0.3) is 80.7 Å². The van der Waals surface area contributed by atoms with Crippen LogP contribution in [-0.4, -0.2) is 4.57 Å². The van der Waals surface area contributed by atoms with Crippen LogP contribution in [0.4, 0.5) is 17.1 Å². The van der Waals surface area contributed by atoms with E-state index in [1.54, 1.807) is 0 Å². The molecule has 3 aromatic heterocycles. The standard InChI is InChI=1S/C48H30N2OS/c1-5-18-42-36(13-1)37-14-2-6-19-43(37)50(42)34-12-9-11-32(29-34)31-23-25-33(26-24-31)49(35-27-28-40-39-16-4-8-22-46(39)52-47(40)30-35)44-20-10-17-41-38-15-3-7-21-45(38)51-48(41)44/h1-30H. The highest BCUT2D eigenvalue weighted by atomic mass is 32.1. The summed E-state index contributed by atoms with van der Waals surface area (Å²) >= 11 is 1.84.